The van der Waals surface area contributed by atoms with Gasteiger partial charge < -0.3 is 24.6 Å². The Hall–Kier alpha value is -4.76. The summed E-state index contributed by atoms with van der Waals surface area (Å²) in [6.45, 7) is 26.2. The molecule has 5 aromatic rings. The van der Waals surface area contributed by atoms with E-state index in [1.165, 1.54) is 57.3 Å². The topological polar surface area (TPSA) is 96.2 Å². The molecule has 0 atom stereocenters. The minimum atomic E-state index is -0.888. The first-order valence-corrected chi connectivity index (χ1v) is 29.0. The van der Waals surface area contributed by atoms with E-state index >= 15 is 0 Å². The van der Waals surface area contributed by atoms with Crippen LogP contribution in [-0.2, 0) is 31.4 Å². The van der Waals surface area contributed by atoms with E-state index in [2.05, 4.69) is 168 Å². The van der Waals surface area contributed by atoms with Crippen LogP contribution in [0.2, 0.25) is 5.02 Å². The molecule has 5 aromatic carbocycles. The monoisotopic (exact) mass is 1050 g/mol. The standard InChI is InChI=1S/C35H41ClO3.C33H47BO3/c1-5-35(6-2,29-13-12-26(24(3)20-29)16-19-34(39)17-8-7-9-18-34)30-14-15-31(25(4)21-30)27-10-11-28(23-33(37)38)32(36)22-27;1-9-33(10-2,27-15-14-26(24(3)22-27)18-21-32(35)19-12-11-13-20-32)28-16-17-29(25(4)23-28)34-36-30(5,6)31(7,8)37-34/h10-16,19-22,39H,5-9,17-18,23H2,1-4H3,(H,37,38);14-18,21-23,35H,9-13,19-20H2,1-8H3/b19-16+;21-18+. The van der Waals surface area contributed by atoms with Crippen LogP contribution in [0, 0.1) is 27.7 Å². The molecule has 406 valence electrons. The highest BCUT2D eigenvalue weighted by atomic mass is 35.5. The Labute approximate surface area is 462 Å². The van der Waals surface area contributed by atoms with Crippen LogP contribution in [0.15, 0.2) is 103 Å². The van der Waals surface area contributed by atoms with Crippen LogP contribution < -0.4 is 5.46 Å². The smallest absolute Gasteiger partial charge is 0.481 e. The Bertz CT molecular complexity index is 2870. The first kappa shape index (κ1) is 58.9. The van der Waals surface area contributed by atoms with E-state index in [-0.39, 0.29) is 35.6 Å². The minimum Gasteiger partial charge on any atom is -0.481 e. The Morgan fingerprint density at radius 2 is 0.974 bits per heavy atom. The molecule has 2 saturated carbocycles. The number of hydrogen-bond acceptors (Lipinski definition) is 5. The molecule has 1 saturated heterocycles. The summed E-state index contributed by atoms with van der Waals surface area (Å²) in [5, 5.41) is 31.4. The van der Waals surface area contributed by atoms with Gasteiger partial charge in [-0.3, -0.25) is 4.79 Å². The average molecular weight is 1050 g/mol. The Morgan fingerprint density at radius 1 is 0.566 bits per heavy atom. The second-order valence-corrected chi connectivity index (χ2v) is 24.2. The second-order valence-electron chi connectivity index (χ2n) is 23.8. The van der Waals surface area contributed by atoms with Gasteiger partial charge in [0.05, 0.1) is 28.8 Å². The Morgan fingerprint density at radius 3 is 1.36 bits per heavy atom. The Kier molecular flexibility index (Phi) is 18.7. The highest BCUT2D eigenvalue weighted by Crippen LogP contribution is 2.44. The van der Waals surface area contributed by atoms with Crippen molar-refractivity contribution in [3.63, 3.8) is 0 Å². The van der Waals surface area contributed by atoms with Gasteiger partial charge in [-0.1, -0.05) is 193 Å². The highest BCUT2D eigenvalue weighted by Gasteiger charge is 2.52. The molecule has 0 unspecified atom stereocenters. The van der Waals surface area contributed by atoms with Gasteiger partial charge in [-0.05, 0) is 185 Å². The van der Waals surface area contributed by atoms with E-state index in [1.807, 2.05) is 30.4 Å². The van der Waals surface area contributed by atoms with Gasteiger partial charge in [0, 0.05) is 15.9 Å². The zero-order valence-corrected chi connectivity index (χ0v) is 48.9. The number of benzene rings is 5. The predicted octanol–water partition coefficient (Wildman–Crippen LogP) is 16.5. The number of hydrogen-bond donors (Lipinski definition) is 3. The third-order valence-electron chi connectivity index (χ3n) is 18.5. The van der Waals surface area contributed by atoms with Gasteiger partial charge in [-0.25, -0.2) is 0 Å². The summed E-state index contributed by atoms with van der Waals surface area (Å²) in [6, 6.07) is 32.8. The lowest BCUT2D eigenvalue weighted by molar-refractivity contribution is -0.136. The van der Waals surface area contributed by atoms with E-state index < -0.39 is 17.2 Å². The maximum absolute atomic E-state index is 11.1. The predicted molar refractivity (Wildman–Crippen MR) is 319 cm³/mol. The number of aryl methyl sites for hydroxylation is 4. The van der Waals surface area contributed by atoms with Crippen LogP contribution in [0.1, 0.15) is 206 Å². The molecular weight excluding hydrogens is 959 g/mol. The van der Waals surface area contributed by atoms with Crippen molar-refractivity contribution < 1.29 is 29.4 Å². The molecule has 1 heterocycles. The molecular formula is C68H88BClO6. The maximum atomic E-state index is 11.1. The summed E-state index contributed by atoms with van der Waals surface area (Å²) < 4.78 is 12.7. The van der Waals surface area contributed by atoms with Gasteiger partial charge in [-0.15, -0.1) is 0 Å². The molecule has 2 aliphatic carbocycles. The number of rotatable bonds is 16. The van der Waals surface area contributed by atoms with Crippen LogP contribution in [0.4, 0.5) is 0 Å². The number of carboxylic acid groups (broad SMARTS) is 1. The minimum absolute atomic E-state index is 0.0617. The fraction of sp³-hybridized carbons (Fsp3) is 0.485. The molecule has 8 heteroatoms. The number of carboxylic acids is 1. The molecule has 3 aliphatic rings. The second kappa shape index (κ2) is 24.1. The quantitative estimate of drug-likeness (QED) is 0.0852. The average Bonchev–Trinajstić information content (AvgIpc) is 3.60. The van der Waals surface area contributed by atoms with Crippen molar-refractivity contribution in [1.82, 2.24) is 0 Å². The molecule has 1 aliphatic heterocycles. The molecule has 8 rings (SSSR count). The largest absolute Gasteiger partial charge is 0.495 e. The molecule has 3 fully saturated rings. The zero-order valence-electron chi connectivity index (χ0n) is 48.1. The van der Waals surface area contributed by atoms with Crippen molar-refractivity contribution in [3.05, 3.63) is 169 Å². The lowest BCUT2D eigenvalue weighted by atomic mass is 9.68. The van der Waals surface area contributed by atoms with Crippen molar-refractivity contribution in [2.75, 3.05) is 0 Å². The SMILES string of the molecule is CCC(CC)(c1ccc(/C=C/C2(O)CCCCC2)c(C)c1)c1ccc(-c2ccc(CC(=O)O)c(Cl)c2)c(C)c1.CCC(CC)(c1ccc(/C=C/C2(O)CCCCC2)c(C)c1)c1ccc(B2OC(C)(C)C(C)(C)O2)c(C)c1. The third kappa shape index (κ3) is 12.7. The van der Waals surface area contributed by atoms with Crippen LogP contribution in [-0.4, -0.2) is 50.8 Å². The van der Waals surface area contributed by atoms with Gasteiger partial charge in [0.15, 0.2) is 0 Å². The number of carbonyl (C=O) groups is 1. The van der Waals surface area contributed by atoms with Crippen molar-refractivity contribution in [2.24, 2.45) is 0 Å². The summed E-state index contributed by atoms with van der Waals surface area (Å²) in [5.74, 6) is -0.888. The van der Waals surface area contributed by atoms with Crippen molar-refractivity contribution in [1.29, 1.82) is 0 Å². The van der Waals surface area contributed by atoms with Crippen molar-refractivity contribution in [2.45, 2.75) is 213 Å². The fourth-order valence-corrected chi connectivity index (χ4v) is 12.7. The molecule has 76 heavy (non-hydrogen) atoms. The summed E-state index contributed by atoms with van der Waals surface area (Å²) in [5.41, 5.74) is 14.1. The summed E-state index contributed by atoms with van der Waals surface area (Å²) >= 11 is 6.42. The Balaban J connectivity index is 0.000000221. The number of aliphatic carboxylic acids is 1. The normalized spacial score (nSPS) is 18.2. The molecule has 0 spiro atoms. The first-order chi connectivity index (χ1) is 36.0. The van der Waals surface area contributed by atoms with E-state index in [1.54, 1.807) is 0 Å². The fourth-order valence-electron chi connectivity index (χ4n) is 12.5. The van der Waals surface area contributed by atoms with Crippen LogP contribution in [0.3, 0.4) is 0 Å². The maximum Gasteiger partial charge on any atom is 0.495 e. The third-order valence-corrected chi connectivity index (χ3v) is 18.8. The molecule has 0 bridgehead atoms. The van der Waals surface area contributed by atoms with Gasteiger partial charge in [0.1, 0.15) is 0 Å². The van der Waals surface area contributed by atoms with Crippen LogP contribution >= 0.6 is 11.6 Å². The van der Waals surface area contributed by atoms with Gasteiger partial charge in [0.2, 0.25) is 0 Å². The van der Waals surface area contributed by atoms with Crippen molar-refractivity contribution in [3.8, 4) is 11.1 Å². The summed E-state index contributed by atoms with van der Waals surface area (Å²) in [7, 11) is -0.344. The van der Waals surface area contributed by atoms with E-state index in [0.717, 1.165) is 105 Å². The van der Waals surface area contributed by atoms with Gasteiger partial charge in [-0.2, -0.15) is 0 Å². The van der Waals surface area contributed by atoms with Crippen LogP contribution in [0.25, 0.3) is 23.3 Å². The number of halogens is 1. The molecule has 0 aromatic heterocycles. The van der Waals surface area contributed by atoms with Gasteiger partial charge in [0.25, 0.3) is 0 Å². The lowest BCUT2D eigenvalue weighted by Gasteiger charge is -2.34. The highest BCUT2D eigenvalue weighted by molar-refractivity contribution is 6.62. The lowest BCUT2D eigenvalue weighted by Crippen LogP contribution is -2.41. The molecule has 0 amide bonds. The van der Waals surface area contributed by atoms with E-state index in [4.69, 9.17) is 26.0 Å². The first-order valence-electron chi connectivity index (χ1n) is 28.6. The van der Waals surface area contributed by atoms with E-state index in [9.17, 15) is 15.0 Å². The zero-order chi connectivity index (χ0) is 55.3. The molecule has 0 radical (unpaired) electrons. The molecule has 6 nitrogen and oxygen atoms in total. The molecule has 3 N–H and O–H groups in total. The van der Waals surface area contributed by atoms with Gasteiger partial charge >= 0.3 is 13.1 Å². The van der Waals surface area contributed by atoms with Crippen molar-refractivity contribution >= 4 is 42.3 Å². The van der Waals surface area contributed by atoms with E-state index in [0.29, 0.717) is 10.6 Å². The number of aliphatic hydroxyl groups is 2. The summed E-state index contributed by atoms with van der Waals surface area (Å²) in [4.78, 5) is 11.1. The summed E-state index contributed by atoms with van der Waals surface area (Å²) in [6.07, 6.45) is 22.5. The van der Waals surface area contributed by atoms with Crippen LogP contribution in [0.5, 0.6) is 0 Å².